The fourth-order valence-corrected chi connectivity index (χ4v) is 3.33. The van der Waals surface area contributed by atoms with Gasteiger partial charge in [-0.25, -0.2) is 0 Å². The molecule has 1 aliphatic heterocycles. The maximum absolute atomic E-state index is 12.9. The van der Waals surface area contributed by atoms with Gasteiger partial charge in [0.1, 0.15) is 5.69 Å². The summed E-state index contributed by atoms with van der Waals surface area (Å²) in [7, 11) is 0. The lowest BCUT2D eigenvalue weighted by Crippen LogP contribution is -2.42. The van der Waals surface area contributed by atoms with E-state index in [-0.39, 0.29) is 5.91 Å². The van der Waals surface area contributed by atoms with Crippen LogP contribution in [0.15, 0.2) is 18.3 Å². The lowest BCUT2D eigenvalue weighted by molar-refractivity contribution is 0.0693. The minimum absolute atomic E-state index is 0.238. The number of aryl methyl sites for hydroxylation is 1. The van der Waals surface area contributed by atoms with Crippen molar-refractivity contribution in [3.63, 3.8) is 0 Å². The van der Waals surface area contributed by atoms with E-state index in [1.54, 1.807) is 0 Å². The van der Waals surface area contributed by atoms with E-state index in [0.29, 0.717) is 12.0 Å². The number of nitrogens with one attached hydrogen (secondary N) is 1. The summed E-state index contributed by atoms with van der Waals surface area (Å²) in [6.07, 6.45) is 7.94. The number of aromatic nitrogens is 1. The molecule has 2 aliphatic rings. The molecule has 116 valence electrons. The molecule has 1 amide bonds. The monoisotopic (exact) mass is 289 g/mol. The Kier molecular flexibility index (Phi) is 4.63. The molecule has 1 aliphatic carbocycles. The molecule has 1 aromatic heterocycles. The summed E-state index contributed by atoms with van der Waals surface area (Å²) >= 11 is 0. The topological polar surface area (TPSA) is 37.3 Å². The van der Waals surface area contributed by atoms with E-state index in [4.69, 9.17) is 0 Å². The Morgan fingerprint density at radius 2 is 2.29 bits per heavy atom. The van der Waals surface area contributed by atoms with Crippen molar-refractivity contribution in [2.24, 2.45) is 5.92 Å². The van der Waals surface area contributed by atoms with E-state index in [1.165, 1.54) is 25.7 Å². The molecule has 0 bridgehead atoms. The number of carbonyl (C=O) groups is 1. The quantitative estimate of drug-likeness (QED) is 0.873. The van der Waals surface area contributed by atoms with Gasteiger partial charge in [0, 0.05) is 25.3 Å². The predicted octanol–water partition coefficient (Wildman–Crippen LogP) is 2.50. The number of hydrogen-bond donors (Lipinski definition) is 1. The van der Waals surface area contributed by atoms with Crippen molar-refractivity contribution in [1.29, 1.82) is 0 Å². The maximum Gasteiger partial charge on any atom is 0.270 e. The first kappa shape index (κ1) is 14.6. The van der Waals surface area contributed by atoms with Crippen LogP contribution >= 0.6 is 0 Å². The molecule has 21 heavy (non-hydrogen) atoms. The molecule has 1 saturated heterocycles. The number of rotatable bonds is 6. The number of nitrogens with zero attached hydrogens (tertiary/aromatic N) is 2. The molecule has 1 atom stereocenters. The van der Waals surface area contributed by atoms with E-state index in [0.717, 1.165) is 38.3 Å². The highest BCUT2D eigenvalue weighted by atomic mass is 16.2. The van der Waals surface area contributed by atoms with Crippen molar-refractivity contribution >= 4 is 5.91 Å². The van der Waals surface area contributed by atoms with Crippen molar-refractivity contribution in [3.8, 4) is 0 Å². The molecule has 2 heterocycles. The molecule has 0 aromatic carbocycles. The predicted molar refractivity (Wildman–Crippen MR) is 84.4 cm³/mol. The molecule has 1 N–H and O–H groups in total. The zero-order valence-corrected chi connectivity index (χ0v) is 13.1. The molecule has 4 nitrogen and oxygen atoms in total. The van der Waals surface area contributed by atoms with Gasteiger partial charge >= 0.3 is 0 Å². The van der Waals surface area contributed by atoms with Crippen LogP contribution in [-0.4, -0.2) is 41.1 Å². The van der Waals surface area contributed by atoms with Crippen LogP contribution in [0.25, 0.3) is 0 Å². The highest BCUT2D eigenvalue weighted by Gasteiger charge is 2.35. The van der Waals surface area contributed by atoms with E-state index in [9.17, 15) is 4.79 Å². The minimum Gasteiger partial charge on any atom is -0.344 e. The molecule has 4 heteroatoms. The van der Waals surface area contributed by atoms with Gasteiger partial charge < -0.3 is 14.8 Å². The molecular formula is C17H27N3O. The fraction of sp³-hybridized carbons (Fsp3) is 0.706. The Balaban J connectivity index is 1.70. The SMILES string of the molecule is CCCn1cccc1C(=O)N(CC1CCCNC1)C1CC1. The highest BCUT2D eigenvalue weighted by molar-refractivity contribution is 5.93. The fourth-order valence-electron chi connectivity index (χ4n) is 3.33. The normalized spacial score (nSPS) is 22.2. The lowest BCUT2D eigenvalue weighted by Gasteiger charge is -2.30. The van der Waals surface area contributed by atoms with Crippen LogP contribution in [0.1, 0.15) is 49.5 Å². The van der Waals surface area contributed by atoms with E-state index in [2.05, 4.69) is 21.7 Å². The Labute approximate surface area is 127 Å². The van der Waals surface area contributed by atoms with Crippen molar-refractivity contribution in [2.75, 3.05) is 19.6 Å². The number of piperidine rings is 1. The number of hydrogen-bond acceptors (Lipinski definition) is 2. The lowest BCUT2D eigenvalue weighted by atomic mass is 9.99. The van der Waals surface area contributed by atoms with Crippen molar-refractivity contribution in [1.82, 2.24) is 14.8 Å². The van der Waals surface area contributed by atoms with Gasteiger partial charge in [0.25, 0.3) is 5.91 Å². The minimum atomic E-state index is 0.238. The first-order chi connectivity index (χ1) is 10.3. The number of carbonyl (C=O) groups excluding carboxylic acids is 1. The second-order valence-corrected chi connectivity index (χ2v) is 6.49. The van der Waals surface area contributed by atoms with Crippen LogP contribution in [0.5, 0.6) is 0 Å². The van der Waals surface area contributed by atoms with Crippen molar-refractivity contribution in [2.45, 2.75) is 51.6 Å². The average Bonchev–Trinajstić information content (AvgIpc) is 3.25. The zero-order chi connectivity index (χ0) is 14.7. The maximum atomic E-state index is 12.9. The van der Waals surface area contributed by atoms with Gasteiger partial charge in [0.15, 0.2) is 0 Å². The Bertz CT molecular complexity index is 472. The Hall–Kier alpha value is -1.29. The van der Waals surface area contributed by atoms with Crippen LogP contribution in [0, 0.1) is 5.92 Å². The molecule has 1 saturated carbocycles. The third kappa shape index (κ3) is 3.49. The Morgan fingerprint density at radius 1 is 1.43 bits per heavy atom. The van der Waals surface area contributed by atoms with Gasteiger partial charge in [-0.15, -0.1) is 0 Å². The summed E-state index contributed by atoms with van der Waals surface area (Å²) in [5.41, 5.74) is 0.868. The second-order valence-electron chi connectivity index (χ2n) is 6.49. The van der Waals surface area contributed by atoms with Crippen LogP contribution in [0.2, 0.25) is 0 Å². The van der Waals surface area contributed by atoms with Gasteiger partial charge in [-0.3, -0.25) is 4.79 Å². The summed E-state index contributed by atoms with van der Waals surface area (Å²) in [6, 6.07) is 4.47. The van der Waals surface area contributed by atoms with Gasteiger partial charge in [-0.1, -0.05) is 6.92 Å². The second kappa shape index (κ2) is 6.65. The molecule has 1 unspecified atom stereocenters. The summed E-state index contributed by atoms with van der Waals surface area (Å²) in [5.74, 6) is 0.861. The first-order valence-electron chi connectivity index (χ1n) is 8.46. The molecule has 2 fully saturated rings. The smallest absolute Gasteiger partial charge is 0.270 e. The van der Waals surface area contributed by atoms with Gasteiger partial charge in [0.2, 0.25) is 0 Å². The average molecular weight is 289 g/mol. The summed E-state index contributed by atoms with van der Waals surface area (Å²) in [4.78, 5) is 15.1. The van der Waals surface area contributed by atoms with E-state index < -0.39 is 0 Å². The first-order valence-corrected chi connectivity index (χ1v) is 8.46. The molecule has 3 rings (SSSR count). The summed E-state index contributed by atoms with van der Waals surface area (Å²) < 4.78 is 2.11. The van der Waals surface area contributed by atoms with Gasteiger partial charge in [-0.2, -0.15) is 0 Å². The van der Waals surface area contributed by atoms with Crippen molar-refractivity contribution in [3.05, 3.63) is 24.0 Å². The van der Waals surface area contributed by atoms with E-state index in [1.807, 2.05) is 18.3 Å². The summed E-state index contributed by atoms with van der Waals surface area (Å²) in [5, 5.41) is 3.46. The number of amides is 1. The van der Waals surface area contributed by atoms with Crippen LogP contribution in [-0.2, 0) is 6.54 Å². The molecule has 0 radical (unpaired) electrons. The van der Waals surface area contributed by atoms with Gasteiger partial charge in [-0.05, 0) is 63.2 Å². The van der Waals surface area contributed by atoms with Crippen LogP contribution < -0.4 is 5.32 Å². The van der Waals surface area contributed by atoms with Crippen LogP contribution in [0.3, 0.4) is 0 Å². The highest BCUT2D eigenvalue weighted by Crippen LogP contribution is 2.30. The van der Waals surface area contributed by atoms with Gasteiger partial charge in [0.05, 0.1) is 0 Å². The van der Waals surface area contributed by atoms with Crippen LogP contribution in [0.4, 0.5) is 0 Å². The molecular weight excluding hydrogens is 262 g/mol. The zero-order valence-electron chi connectivity index (χ0n) is 13.1. The Morgan fingerprint density at radius 3 is 2.95 bits per heavy atom. The largest absolute Gasteiger partial charge is 0.344 e. The third-order valence-corrected chi connectivity index (χ3v) is 4.62. The van der Waals surface area contributed by atoms with E-state index >= 15 is 0 Å². The van der Waals surface area contributed by atoms with Crippen molar-refractivity contribution < 1.29 is 4.79 Å². The molecule has 0 spiro atoms. The third-order valence-electron chi connectivity index (χ3n) is 4.62. The standard InChI is InChI=1S/C17H27N3O/c1-2-10-19-11-4-6-16(19)17(21)20(15-7-8-15)13-14-5-3-9-18-12-14/h4,6,11,14-15,18H,2-3,5,7-10,12-13H2,1H3. The summed E-state index contributed by atoms with van der Waals surface area (Å²) in [6.45, 7) is 6.20. The molecule has 1 aromatic rings.